The fourth-order valence-corrected chi connectivity index (χ4v) is 15.3. The Morgan fingerprint density at radius 3 is 1.23 bits per heavy atom. The molecule has 0 amide bonds. The van der Waals surface area contributed by atoms with E-state index in [1.54, 1.807) is 0 Å². The van der Waals surface area contributed by atoms with Crippen molar-refractivity contribution in [2.75, 3.05) is 0 Å². The van der Waals surface area contributed by atoms with E-state index >= 15 is 9.13 Å². The molecule has 250 valence electrons. The lowest BCUT2D eigenvalue weighted by atomic mass is 9.98. The predicted molar refractivity (Wildman–Crippen MR) is 223 cm³/mol. The summed E-state index contributed by atoms with van der Waals surface area (Å²) in [6, 6.07) is 64.0. The molecule has 0 spiro atoms. The van der Waals surface area contributed by atoms with Gasteiger partial charge in [0.15, 0.2) is 14.3 Å². The third-order valence-electron chi connectivity index (χ3n) is 11.2. The molecule has 8 aromatic carbocycles. The van der Waals surface area contributed by atoms with E-state index in [1.807, 2.05) is 78.9 Å². The smallest absolute Gasteiger partial charge is 0.172 e. The highest BCUT2D eigenvalue weighted by atomic mass is 31.2. The second-order valence-electron chi connectivity index (χ2n) is 14.0. The molecule has 2 aliphatic rings. The molecule has 0 saturated carbocycles. The maximum atomic E-state index is 16.7. The molecule has 0 atom stereocenters. The van der Waals surface area contributed by atoms with Crippen molar-refractivity contribution in [1.29, 1.82) is 0 Å². The van der Waals surface area contributed by atoms with Crippen molar-refractivity contribution in [3.63, 3.8) is 0 Å². The summed E-state index contributed by atoms with van der Waals surface area (Å²) in [6.07, 6.45) is 0. The minimum Gasteiger partial charge on any atom is -0.309 e. The van der Waals surface area contributed by atoms with Gasteiger partial charge in [-0.25, -0.2) is 0 Å². The average Bonchev–Trinajstić information content (AvgIpc) is 3.81. The van der Waals surface area contributed by atoms with Gasteiger partial charge in [0.1, 0.15) is 0 Å². The molecule has 0 bridgehead atoms. The molecule has 11 rings (SSSR count). The van der Waals surface area contributed by atoms with Crippen LogP contribution in [0.5, 0.6) is 0 Å². The maximum Gasteiger partial charge on any atom is 0.172 e. The van der Waals surface area contributed by atoms with Gasteiger partial charge in [-0.05, 0) is 70.8 Å². The van der Waals surface area contributed by atoms with Crippen LogP contribution < -0.4 is 31.8 Å². The van der Waals surface area contributed by atoms with Crippen molar-refractivity contribution >= 4 is 67.9 Å². The highest BCUT2D eigenvalue weighted by molar-refractivity contribution is 7.90. The number of fused-ring (bicyclic) bond motifs is 3. The molecule has 2 aliphatic heterocycles. The zero-order chi connectivity index (χ0) is 35.3. The van der Waals surface area contributed by atoms with Crippen molar-refractivity contribution in [1.82, 2.24) is 4.57 Å². The molecule has 9 aromatic rings. The number of rotatable bonds is 5. The van der Waals surface area contributed by atoms with Gasteiger partial charge >= 0.3 is 0 Å². The standard InChI is InChI=1S/C48H31NO2P2/c50-52(37-20-8-3-9-21-37)43-27-34(32-15-4-1-5-16-32)29-45-47(43)48-44(52)28-35(33-17-6-2-7-18-33)30-46(48)53(45,51)38-22-14-19-36(31-38)49-41-25-12-10-23-39(41)40-24-11-13-26-42(40)49/h1-31H. The van der Waals surface area contributed by atoms with Crippen LogP contribution in [0, 0.1) is 0 Å². The SMILES string of the molecule is O=P1(c2ccccc2)c2cc(-c3ccccc3)cc3c2-c2c1cc(-c1ccccc1)cc2P3(=O)c1cccc(-n2c3ccccc3c3ccccc32)c1. The third kappa shape index (κ3) is 4.18. The molecule has 0 fully saturated rings. The van der Waals surface area contributed by atoms with Crippen LogP contribution in [0.3, 0.4) is 0 Å². The minimum atomic E-state index is -3.52. The quantitative estimate of drug-likeness (QED) is 0.167. The summed E-state index contributed by atoms with van der Waals surface area (Å²) in [4.78, 5) is 0. The highest BCUT2D eigenvalue weighted by Gasteiger charge is 2.52. The molecule has 3 nitrogen and oxygen atoms in total. The van der Waals surface area contributed by atoms with E-state index in [0.29, 0.717) is 0 Å². The lowest BCUT2D eigenvalue weighted by Gasteiger charge is -2.24. The molecular weight excluding hydrogens is 684 g/mol. The van der Waals surface area contributed by atoms with Crippen molar-refractivity contribution in [3.8, 4) is 39.1 Å². The number of para-hydroxylation sites is 2. The summed E-state index contributed by atoms with van der Waals surface area (Å²) in [7, 11) is -6.88. The van der Waals surface area contributed by atoms with E-state index in [2.05, 4.69) is 114 Å². The molecular formula is C48H31NO2P2. The van der Waals surface area contributed by atoms with Gasteiger partial charge in [0.25, 0.3) is 0 Å². The first kappa shape index (κ1) is 30.6. The number of benzene rings is 8. The van der Waals surface area contributed by atoms with E-state index in [1.165, 1.54) is 10.8 Å². The van der Waals surface area contributed by atoms with Gasteiger partial charge in [0.05, 0.1) is 11.0 Å². The highest BCUT2D eigenvalue weighted by Crippen LogP contribution is 2.62. The molecule has 5 heteroatoms. The molecule has 0 saturated heterocycles. The number of hydrogen-bond donors (Lipinski definition) is 0. The summed E-state index contributed by atoms with van der Waals surface area (Å²) < 4.78 is 35.1. The van der Waals surface area contributed by atoms with E-state index < -0.39 is 14.3 Å². The fraction of sp³-hybridized carbons (Fsp3) is 0. The Bertz CT molecular complexity index is 2900. The zero-order valence-corrected chi connectivity index (χ0v) is 30.3. The number of aromatic nitrogens is 1. The van der Waals surface area contributed by atoms with Crippen LogP contribution in [0.25, 0.3) is 60.9 Å². The molecule has 0 N–H and O–H groups in total. The van der Waals surface area contributed by atoms with Gasteiger partial charge < -0.3 is 13.7 Å². The van der Waals surface area contributed by atoms with Gasteiger partial charge in [0, 0.05) is 59.4 Å². The Balaban J connectivity index is 1.24. The van der Waals surface area contributed by atoms with E-state index in [4.69, 9.17) is 0 Å². The fourth-order valence-electron chi connectivity index (χ4n) is 8.81. The summed E-state index contributed by atoms with van der Waals surface area (Å²) in [5.74, 6) is 0. The average molecular weight is 716 g/mol. The Morgan fingerprint density at radius 2 is 0.736 bits per heavy atom. The Kier molecular flexibility index (Phi) is 6.51. The lowest BCUT2D eigenvalue weighted by Crippen LogP contribution is -2.29. The van der Waals surface area contributed by atoms with Crippen LogP contribution in [0.15, 0.2) is 188 Å². The summed E-state index contributed by atoms with van der Waals surface area (Å²) in [5, 5.41) is 6.99. The van der Waals surface area contributed by atoms with Crippen molar-refractivity contribution in [3.05, 3.63) is 188 Å². The number of nitrogens with zero attached hydrogens (tertiary/aromatic N) is 1. The van der Waals surface area contributed by atoms with E-state index in [-0.39, 0.29) is 0 Å². The normalized spacial score (nSPS) is 14.5. The molecule has 1 aromatic heterocycles. The zero-order valence-electron chi connectivity index (χ0n) is 28.6. The van der Waals surface area contributed by atoms with Crippen molar-refractivity contribution < 1.29 is 9.13 Å². The van der Waals surface area contributed by atoms with Crippen molar-refractivity contribution in [2.24, 2.45) is 0 Å². The largest absolute Gasteiger partial charge is 0.309 e. The molecule has 3 heterocycles. The second kappa shape index (κ2) is 11.3. The second-order valence-corrected chi connectivity index (χ2v) is 19.4. The maximum absolute atomic E-state index is 16.7. The summed E-state index contributed by atoms with van der Waals surface area (Å²) in [6.45, 7) is 0. The van der Waals surface area contributed by atoms with Crippen LogP contribution in [0.4, 0.5) is 0 Å². The van der Waals surface area contributed by atoms with Gasteiger partial charge in [-0.3, -0.25) is 0 Å². The van der Waals surface area contributed by atoms with Crippen LogP contribution in [-0.2, 0) is 9.13 Å². The monoisotopic (exact) mass is 715 g/mol. The Hall–Kier alpha value is -5.98. The van der Waals surface area contributed by atoms with Crippen molar-refractivity contribution in [2.45, 2.75) is 0 Å². The number of hydrogen-bond acceptors (Lipinski definition) is 2. The van der Waals surface area contributed by atoms with Crippen LogP contribution in [-0.4, -0.2) is 4.57 Å². The topological polar surface area (TPSA) is 39.1 Å². The molecule has 53 heavy (non-hydrogen) atoms. The Morgan fingerprint density at radius 1 is 0.340 bits per heavy atom. The summed E-state index contributed by atoms with van der Waals surface area (Å²) in [5.41, 5.74) is 8.76. The van der Waals surface area contributed by atoms with Crippen LogP contribution in [0.2, 0.25) is 0 Å². The predicted octanol–water partition coefficient (Wildman–Crippen LogP) is 9.69. The molecule has 0 aliphatic carbocycles. The van der Waals surface area contributed by atoms with Gasteiger partial charge in [-0.15, -0.1) is 0 Å². The van der Waals surface area contributed by atoms with Gasteiger partial charge in [-0.1, -0.05) is 140 Å². The lowest BCUT2D eigenvalue weighted by molar-refractivity contribution is 0.592. The third-order valence-corrected chi connectivity index (χ3v) is 17.3. The first-order chi connectivity index (χ1) is 26.0. The molecule has 0 radical (unpaired) electrons. The van der Waals surface area contributed by atoms with Crippen LogP contribution >= 0.6 is 14.3 Å². The summed E-state index contributed by atoms with van der Waals surface area (Å²) >= 11 is 0. The van der Waals surface area contributed by atoms with E-state index in [0.717, 1.165) is 81.9 Å². The van der Waals surface area contributed by atoms with Gasteiger partial charge in [-0.2, -0.15) is 0 Å². The first-order valence-electron chi connectivity index (χ1n) is 17.9. The van der Waals surface area contributed by atoms with Crippen LogP contribution in [0.1, 0.15) is 0 Å². The Labute approximate surface area is 307 Å². The molecule has 0 unspecified atom stereocenters. The van der Waals surface area contributed by atoms with Gasteiger partial charge in [0.2, 0.25) is 0 Å². The minimum absolute atomic E-state index is 0.764. The van der Waals surface area contributed by atoms with E-state index in [9.17, 15) is 0 Å². The first-order valence-corrected chi connectivity index (χ1v) is 21.3.